The normalized spacial score (nSPS) is 25.2. The maximum Gasteiger partial charge on any atom is 0.0831 e. The molecule has 0 aliphatic carbocycles. The van der Waals surface area contributed by atoms with Crippen LogP contribution in [0.4, 0.5) is 0 Å². The zero-order chi connectivity index (χ0) is 11.5. The van der Waals surface area contributed by atoms with Crippen LogP contribution >= 0.6 is 0 Å². The molecule has 3 nitrogen and oxygen atoms in total. The van der Waals surface area contributed by atoms with E-state index in [1.165, 1.54) is 11.1 Å². The van der Waals surface area contributed by atoms with Crippen molar-refractivity contribution in [1.82, 2.24) is 10.2 Å². The Hall–Kier alpha value is -0.900. The van der Waals surface area contributed by atoms with Crippen molar-refractivity contribution in [1.29, 1.82) is 0 Å². The first-order valence-corrected chi connectivity index (χ1v) is 5.82. The van der Waals surface area contributed by atoms with Crippen molar-refractivity contribution in [3.63, 3.8) is 0 Å². The molecule has 0 amide bonds. The van der Waals surface area contributed by atoms with E-state index in [-0.39, 0.29) is 12.1 Å². The lowest BCUT2D eigenvalue weighted by molar-refractivity contribution is 0.0954. The third-order valence-corrected chi connectivity index (χ3v) is 3.40. The number of nitrogens with one attached hydrogen (secondary N) is 1. The van der Waals surface area contributed by atoms with Crippen LogP contribution in [0, 0.1) is 6.92 Å². The number of benzene rings is 1. The van der Waals surface area contributed by atoms with Crippen molar-refractivity contribution >= 4 is 0 Å². The van der Waals surface area contributed by atoms with Gasteiger partial charge >= 0.3 is 0 Å². The third-order valence-electron chi connectivity index (χ3n) is 3.40. The average molecular weight is 220 g/mol. The zero-order valence-electron chi connectivity index (χ0n) is 9.98. The smallest absolute Gasteiger partial charge is 0.0831 e. The Bertz CT molecular complexity index is 354. The van der Waals surface area contributed by atoms with Gasteiger partial charge in [-0.2, -0.15) is 0 Å². The van der Waals surface area contributed by atoms with E-state index < -0.39 is 0 Å². The lowest BCUT2D eigenvalue weighted by Crippen LogP contribution is -2.40. The van der Waals surface area contributed by atoms with Crippen molar-refractivity contribution in [2.75, 3.05) is 20.1 Å². The summed E-state index contributed by atoms with van der Waals surface area (Å²) < 4.78 is 0. The second kappa shape index (κ2) is 4.95. The highest BCUT2D eigenvalue weighted by Gasteiger charge is 2.28. The van der Waals surface area contributed by atoms with Gasteiger partial charge in [-0.1, -0.05) is 24.3 Å². The molecule has 1 aromatic carbocycles. The maximum absolute atomic E-state index is 9.80. The molecule has 0 spiro atoms. The molecule has 0 aromatic heterocycles. The third kappa shape index (κ3) is 2.43. The number of aryl methyl sites for hydroxylation is 1. The number of rotatable bonds is 3. The van der Waals surface area contributed by atoms with Gasteiger partial charge in [0.1, 0.15) is 0 Å². The Morgan fingerprint density at radius 1 is 1.38 bits per heavy atom. The molecule has 1 aliphatic heterocycles. The van der Waals surface area contributed by atoms with Crippen molar-refractivity contribution in [2.24, 2.45) is 0 Å². The highest BCUT2D eigenvalue weighted by molar-refractivity contribution is 5.25. The summed E-state index contributed by atoms with van der Waals surface area (Å²) in [6, 6.07) is 8.65. The van der Waals surface area contributed by atoms with Crippen molar-refractivity contribution in [3.8, 4) is 0 Å². The summed E-state index contributed by atoms with van der Waals surface area (Å²) in [5.41, 5.74) is 2.65. The van der Waals surface area contributed by atoms with Gasteiger partial charge in [0.15, 0.2) is 0 Å². The lowest BCUT2D eigenvalue weighted by atomic mass is 10.1. The van der Waals surface area contributed by atoms with E-state index in [0.717, 1.165) is 13.1 Å². The zero-order valence-corrected chi connectivity index (χ0v) is 9.98. The summed E-state index contributed by atoms with van der Waals surface area (Å²) >= 11 is 0. The molecule has 1 aliphatic rings. The number of hydrogen-bond donors (Lipinski definition) is 2. The topological polar surface area (TPSA) is 35.5 Å². The minimum absolute atomic E-state index is 0.236. The van der Waals surface area contributed by atoms with Gasteiger partial charge in [-0.05, 0) is 25.1 Å². The van der Waals surface area contributed by atoms with Crippen LogP contribution in [0.1, 0.15) is 11.1 Å². The van der Waals surface area contributed by atoms with Gasteiger partial charge in [0.2, 0.25) is 0 Å². The van der Waals surface area contributed by atoms with Crippen LogP contribution in [-0.4, -0.2) is 42.3 Å². The average Bonchev–Trinajstić information content (AvgIpc) is 2.68. The first-order valence-electron chi connectivity index (χ1n) is 5.82. The molecular formula is C13H20N2O. The number of nitrogens with zero attached hydrogens (tertiary/aromatic N) is 1. The molecule has 1 heterocycles. The molecule has 1 aromatic rings. The summed E-state index contributed by atoms with van der Waals surface area (Å²) in [6.07, 6.45) is -0.242. The Labute approximate surface area is 97.1 Å². The van der Waals surface area contributed by atoms with Gasteiger partial charge in [0.05, 0.1) is 6.10 Å². The van der Waals surface area contributed by atoms with E-state index in [1.807, 2.05) is 0 Å². The van der Waals surface area contributed by atoms with Gasteiger partial charge in [-0.3, -0.25) is 4.90 Å². The summed E-state index contributed by atoms with van der Waals surface area (Å²) in [5.74, 6) is 0. The molecule has 2 unspecified atom stereocenters. The number of aliphatic hydroxyl groups excluding tert-OH is 1. The molecule has 16 heavy (non-hydrogen) atoms. The van der Waals surface area contributed by atoms with E-state index in [4.69, 9.17) is 0 Å². The van der Waals surface area contributed by atoms with Gasteiger partial charge in [-0.25, -0.2) is 0 Å². The van der Waals surface area contributed by atoms with E-state index in [2.05, 4.69) is 48.5 Å². The number of hydrogen-bond acceptors (Lipinski definition) is 3. The largest absolute Gasteiger partial charge is 0.390 e. The van der Waals surface area contributed by atoms with Crippen LogP contribution in [-0.2, 0) is 6.54 Å². The fraction of sp³-hybridized carbons (Fsp3) is 0.538. The molecule has 0 radical (unpaired) electrons. The molecule has 1 saturated heterocycles. The van der Waals surface area contributed by atoms with Crippen LogP contribution in [0.5, 0.6) is 0 Å². The summed E-state index contributed by atoms with van der Waals surface area (Å²) in [7, 11) is 2.08. The van der Waals surface area contributed by atoms with Crippen LogP contribution in [0.25, 0.3) is 0 Å². The summed E-state index contributed by atoms with van der Waals surface area (Å²) in [5, 5.41) is 13.0. The van der Waals surface area contributed by atoms with E-state index >= 15 is 0 Å². The van der Waals surface area contributed by atoms with Gasteiger partial charge < -0.3 is 10.4 Å². The molecule has 2 rings (SSSR count). The predicted molar refractivity (Wildman–Crippen MR) is 65.3 cm³/mol. The SMILES string of the molecule is Cc1ccccc1CN(C)C1CNCC1O. The molecule has 0 saturated carbocycles. The summed E-state index contributed by atoms with van der Waals surface area (Å²) in [6.45, 7) is 4.62. The first kappa shape index (κ1) is 11.6. The first-order chi connectivity index (χ1) is 7.68. The number of aliphatic hydroxyl groups is 1. The summed E-state index contributed by atoms with van der Waals surface area (Å²) in [4.78, 5) is 2.23. The second-order valence-corrected chi connectivity index (χ2v) is 4.63. The Balaban J connectivity index is 2.02. The highest BCUT2D eigenvalue weighted by atomic mass is 16.3. The molecule has 2 atom stereocenters. The van der Waals surface area contributed by atoms with Crippen molar-refractivity contribution < 1.29 is 5.11 Å². The standard InChI is InChI=1S/C13H20N2O/c1-10-5-3-4-6-11(10)9-15(2)12-7-14-8-13(12)16/h3-6,12-14,16H,7-9H2,1-2H3. The molecule has 1 fully saturated rings. The predicted octanol–water partition coefficient (Wildman–Crippen LogP) is 0.760. The van der Waals surface area contributed by atoms with E-state index in [1.54, 1.807) is 0 Å². The Kier molecular flexibility index (Phi) is 3.59. The van der Waals surface area contributed by atoms with Gasteiger partial charge in [0, 0.05) is 25.7 Å². The van der Waals surface area contributed by atoms with Crippen molar-refractivity contribution in [3.05, 3.63) is 35.4 Å². The Morgan fingerprint density at radius 3 is 2.75 bits per heavy atom. The molecule has 3 heteroatoms. The van der Waals surface area contributed by atoms with Crippen LogP contribution < -0.4 is 5.32 Å². The second-order valence-electron chi connectivity index (χ2n) is 4.63. The molecule has 2 N–H and O–H groups in total. The quantitative estimate of drug-likeness (QED) is 0.789. The minimum Gasteiger partial charge on any atom is -0.390 e. The fourth-order valence-corrected chi connectivity index (χ4v) is 2.27. The van der Waals surface area contributed by atoms with Gasteiger partial charge in [0.25, 0.3) is 0 Å². The van der Waals surface area contributed by atoms with Crippen molar-refractivity contribution in [2.45, 2.75) is 25.6 Å². The minimum atomic E-state index is -0.242. The van der Waals surface area contributed by atoms with E-state index in [0.29, 0.717) is 6.54 Å². The van der Waals surface area contributed by atoms with Gasteiger partial charge in [-0.15, -0.1) is 0 Å². The van der Waals surface area contributed by atoms with Crippen LogP contribution in [0.2, 0.25) is 0 Å². The molecule has 88 valence electrons. The lowest BCUT2D eigenvalue weighted by Gasteiger charge is -2.26. The Morgan fingerprint density at radius 2 is 2.12 bits per heavy atom. The van der Waals surface area contributed by atoms with E-state index in [9.17, 15) is 5.11 Å². The molecule has 0 bridgehead atoms. The van der Waals surface area contributed by atoms with Crippen LogP contribution in [0.3, 0.4) is 0 Å². The number of likely N-dealkylation sites (N-methyl/N-ethyl adjacent to an activating group) is 1. The van der Waals surface area contributed by atoms with Crippen LogP contribution in [0.15, 0.2) is 24.3 Å². The maximum atomic E-state index is 9.80. The molecular weight excluding hydrogens is 200 g/mol. The monoisotopic (exact) mass is 220 g/mol. The number of β-amino-alcohol motifs (C(OH)–C–C–N with tert-alkyl or cyclic N) is 1. The highest BCUT2D eigenvalue weighted by Crippen LogP contribution is 2.14. The fourth-order valence-electron chi connectivity index (χ4n) is 2.27.